The number of hydrogen-bond acceptors (Lipinski definition) is 3. The molecule has 2 rings (SSSR count). The standard InChI is InChI=1S/C15H25N3/c1-4-12(2)17-8-10-18(11-9-17)15-7-5-6-14(16)13(15)3/h5-7,12H,4,8-11,16H2,1-3H3. The van der Waals surface area contributed by atoms with Crippen LogP contribution in [-0.4, -0.2) is 37.1 Å². The Morgan fingerprint density at radius 1 is 1.22 bits per heavy atom. The molecule has 0 radical (unpaired) electrons. The Hall–Kier alpha value is -1.22. The molecule has 0 bridgehead atoms. The maximum atomic E-state index is 5.99. The summed E-state index contributed by atoms with van der Waals surface area (Å²) in [6.07, 6.45) is 1.23. The predicted octanol–water partition coefficient (Wildman–Crippen LogP) is 2.50. The summed E-state index contributed by atoms with van der Waals surface area (Å²) in [5.41, 5.74) is 9.41. The third-order valence-electron chi connectivity index (χ3n) is 4.22. The molecule has 1 aliphatic heterocycles. The molecule has 1 fully saturated rings. The lowest BCUT2D eigenvalue weighted by Gasteiger charge is -2.39. The molecule has 2 N–H and O–H groups in total. The Balaban J connectivity index is 2.03. The molecule has 1 aliphatic rings. The van der Waals surface area contributed by atoms with Crippen molar-refractivity contribution in [3.05, 3.63) is 23.8 Å². The smallest absolute Gasteiger partial charge is 0.0417 e. The average molecular weight is 247 g/mol. The monoisotopic (exact) mass is 247 g/mol. The number of nitrogens with two attached hydrogens (primary N) is 1. The highest BCUT2D eigenvalue weighted by atomic mass is 15.3. The fourth-order valence-electron chi connectivity index (χ4n) is 2.65. The largest absolute Gasteiger partial charge is 0.398 e. The van der Waals surface area contributed by atoms with E-state index >= 15 is 0 Å². The first-order valence-electron chi connectivity index (χ1n) is 6.97. The van der Waals surface area contributed by atoms with E-state index in [1.54, 1.807) is 0 Å². The lowest BCUT2D eigenvalue weighted by Crippen LogP contribution is -2.49. The Morgan fingerprint density at radius 3 is 2.50 bits per heavy atom. The van der Waals surface area contributed by atoms with Gasteiger partial charge in [-0.05, 0) is 38.0 Å². The van der Waals surface area contributed by atoms with E-state index in [0.29, 0.717) is 6.04 Å². The second-order valence-electron chi connectivity index (χ2n) is 5.27. The van der Waals surface area contributed by atoms with Crippen molar-refractivity contribution in [1.82, 2.24) is 4.90 Å². The van der Waals surface area contributed by atoms with E-state index in [4.69, 9.17) is 5.73 Å². The van der Waals surface area contributed by atoms with Crippen molar-refractivity contribution in [3.8, 4) is 0 Å². The van der Waals surface area contributed by atoms with Crippen molar-refractivity contribution >= 4 is 11.4 Å². The molecule has 3 nitrogen and oxygen atoms in total. The summed E-state index contributed by atoms with van der Waals surface area (Å²) >= 11 is 0. The van der Waals surface area contributed by atoms with Gasteiger partial charge >= 0.3 is 0 Å². The minimum Gasteiger partial charge on any atom is -0.398 e. The third kappa shape index (κ3) is 2.61. The summed E-state index contributed by atoms with van der Waals surface area (Å²) in [6, 6.07) is 6.92. The minimum absolute atomic E-state index is 0.703. The van der Waals surface area contributed by atoms with Crippen molar-refractivity contribution in [2.45, 2.75) is 33.2 Å². The maximum Gasteiger partial charge on any atom is 0.0417 e. The Morgan fingerprint density at radius 2 is 1.89 bits per heavy atom. The van der Waals surface area contributed by atoms with Crippen LogP contribution in [0.25, 0.3) is 0 Å². The number of rotatable bonds is 3. The van der Waals surface area contributed by atoms with Crippen LogP contribution < -0.4 is 10.6 Å². The van der Waals surface area contributed by atoms with Crippen molar-refractivity contribution < 1.29 is 0 Å². The molecule has 3 heteroatoms. The Kier molecular flexibility index (Phi) is 4.12. The molecule has 0 saturated carbocycles. The Bertz CT molecular complexity index is 395. The van der Waals surface area contributed by atoms with E-state index in [1.165, 1.54) is 17.7 Å². The molecule has 1 saturated heterocycles. The molecular weight excluding hydrogens is 222 g/mol. The molecule has 0 spiro atoms. The molecule has 18 heavy (non-hydrogen) atoms. The second-order valence-corrected chi connectivity index (χ2v) is 5.27. The van der Waals surface area contributed by atoms with Gasteiger partial charge in [-0.3, -0.25) is 4.90 Å². The molecule has 0 aromatic heterocycles. The Labute approximate surface area is 111 Å². The van der Waals surface area contributed by atoms with E-state index in [2.05, 4.69) is 42.7 Å². The lowest BCUT2D eigenvalue weighted by molar-refractivity contribution is 0.193. The fourth-order valence-corrected chi connectivity index (χ4v) is 2.65. The predicted molar refractivity (Wildman–Crippen MR) is 79.1 cm³/mol. The average Bonchev–Trinajstić information content (AvgIpc) is 2.41. The highest BCUT2D eigenvalue weighted by Crippen LogP contribution is 2.26. The normalized spacial score (nSPS) is 18.9. The van der Waals surface area contributed by atoms with E-state index in [1.807, 2.05) is 6.07 Å². The zero-order valence-corrected chi connectivity index (χ0v) is 11.8. The van der Waals surface area contributed by atoms with Crippen LogP contribution in [0.3, 0.4) is 0 Å². The number of nitrogens with zero attached hydrogens (tertiary/aromatic N) is 2. The third-order valence-corrected chi connectivity index (χ3v) is 4.22. The van der Waals surface area contributed by atoms with Crippen LogP contribution in [0.15, 0.2) is 18.2 Å². The summed E-state index contributed by atoms with van der Waals surface area (Å²) in [5.74, 6) is 0. The first-order valence-corrected chi connectivity index (χ1v) is 6.97. The second kappa shape index (κ2) is 5.61. The first-order chi connectivity index (χ1) is 8.63. The first kappa shape index (κ1) is 13.2. The number of nitrogen functional groups attached to an aromatic ring is 1. The number of piperazine rings is 1. The van der Waals surface area contributed by atoms with Crippen LogP contribution in [0, 0.1) is 6.92 Å². The summed E-state index contributed by atoms with van der Waals surface area (Å²) in [6.45, 7) is 11.2. The summed E-state index contributed by atoms with van der Waals surface area (Å²) in [4.78, 5) is 5.04. The van der Waals surface area contributed by atoms with Crippen molar-refractivity contribution in [2.75, 3.05) is 36.8 Å². The van der Waals surface area contributed by atoms with Gasteiger partial charge in [-0.2, -0.15) is 0 Å². The zero-order valence-electron chi connectivity index (χ0n) is 11.8. The SMILES string of the molecule is CCC(C)N1CCN(c2cccc(N)c2C)CC1. The molecule has 1 unspecified atom stereocenters. The molecule has 1 aromatic rings. The van der Waals surface area contributed by atoms with E-state index in [0.717, 1.165) is 31.9 Å². The quantitative estimate of drug-likeness (QED) is 0.833. The van der Waals surface area contributed by atoms with Crippen molar-refractivity contribution in [2.24, 2.45) is 0 Å². The van der Waals surface area contributed by atoms with Gasteiger partial charge in [-0.15, -0.1) is 0 Å². The topological polar surface area (TPSA) is 32.5 Å². The molecule has 0 aliphatic carbocycles. The highest BCUT2D eigenvalue weighted by Gasteiger charge is 2.21. The van der Waals surface area contributed by atoms with E-state index in [-0.39, 0.29) is 0 Å². The summed E-state index contributed by atoms with van der Waals surface area (Å²) < 4.78 is 0. The van der Waals surface area contributed by atoms with E-state index < -0.39 is 0 Å². The highest BCUT2D eigenvalue weighted by molar-refractivity contribution is 5.64. The molecule has 1 heterocycles. The number of hydrogen-bond donors (Lipinski definition) is 1. The van der Waals surface area contributed by atoms with Gasteiger partial charge in [0.15, 0.2) is 0 Å². The minimum atomic E-state index is 0.703. The molecular formula is C15H25N3. The van der Waals surface area contributed by atoms with Crippen molar-refractivity contribution in [1.29, 1.82) is 0 Å². The van der Waals surface area contributed by atoms with Gasteiger partial charge < -0.3 is 10.6 Å². The van der Waals surface area contributed by atoms with Gasteiger partial charge in [0.25, 0.3) is 0 Å². The maximum absolute atomic E-state index is 5.99. The van der Waals surface area contributed by atoms with Crippen LogP contribution in [-0.2, 0) is 0 Å². The summed E-state index contributed by atoms with van der Waals surface area (Å²) in [7, 11) is 0. The van der Waals surface area contributed by atoms with Gasteiger partial charge in [0.1, 0.15) is 0 Å². The van der Waals surface area contributed by atoms with Crippen LogP contribution in [0.4, 0.5) is 11.4 Å². The van der Waals surface area contributed by atoms with Crippen molar-refractivity contribution in [3.63, 3.8) is 0 Å². The molecule has 100 valence electrons. The van der Waals surface area contributed by atoms with Gasteiger partial charge in [-0.1, -0.05) is 13.0 Å². The number of anilines is 2. The van der Waals surface area contributed by atoms with Gasteiger partial charge in [-0.25, -0.2) is 0 Å². The van der Waals surface area contributed by atoms with Crippen LogP contribution in [0.2, 0.25) is 0 Å². The van der Waals surface area contributed by atoms with Gasteiger partial charge in [0.2, 0.25) is 0 Å². The molecule has 1 aromatic carbocycles. The van der Waals surface area contributed by atoms with Crippen LogP contribution >= 0.6 is 0 Å². The van der Waals surface area contributed by atoms with Crippen LogP contribution in [0.5, 0.6) is 0 Å². The van der Waals surface area contributed by atoms with Gasteiger partial charge in [0, 0.05) is 43.6 Å². The van der Waals surface area contributed by atoms with E-state index in [9.17, 15) is 0 Å². The summed E-state index contributed by atoms with van der Waals surface area (Å²) in [5, 5.41) is 0. The fraction of sp³-hybridized carbons (Fsp3) is 0.600. The molecule has 1 atom stereocenters. The number of benzene rings is 1. The van der Waals surface area contributed by atoms with Gasteiger partial charge in [0.05, 0.1) is 0 Å². The van der Waals surface area contributed by atoms with Crippen LogP contribution in [0.1, 0.15) is 25.8 Å². The molecule has 0 amide bonds. The lowest BCUT2D eigenvalue weighted by atomic mass is 10.1. The zero-order chi connectivity index (χ0) is 13.1.